The molecular weight excluding hydrogens is 218 g/mol. The summed E-state index contributed by atoms with van der Waals surface area (Å²) in [6.07, 6.45) is 11.9. The molecule has 0 aromatic carbocycles. The summed E-state index contributed by atoms with van der Waals surface area (Å²) >= 11 is 0. The lowest BCUT2D eigenvalue weighted by molar-refractivity contribution is 0.0444. The molecule has 1 nitrogen and oxygen atoms in total. The number of halogens is 1. The zero-order chi connectivity index (χ0) is 10.5. The molecule has 0 aromatic heterocycles. The van der Waals surface area contributed by atoms with E-state index >= 15 is 0 Å². The van der Waals surface area contributed by atoms with E-state index in [4.69, 9.17) is 0 Å². The van der Waals surface area contributed by atoms with E-state index in [-0.39, 0.29) is 12.4 Å². The molecule has 1 N–H and O–H groups in total. The third kappa shape index (κ3) is 1.22. The molecule has 3 rings (SSSR count). The van der Waals surface area contributed by atoms with Crippen molar-refractivity contribution in [3.8, 4) is 0 Å². The lowest BCUT2D eigenvalue weighted by atomic mass is 9.61. The van der Waals surface area contributed by atoms with E-state index < -0.39 is 0 Å². The predicted octanol–water partition coefficient (Wildman–Crippen LogP) is 3.77. The Morgan fingerprint density at radius 3 is 2.62 bits per heavy atom. The Bertz CT molecular complexity index is 267. The average Bonchev–Trinajstić information content (AvgIpc) is 2.86. The average molecular weight is 244 g/mol. The van der Waals surface area contributed by atoms with Gasteiger partial charge in [-0.05, 0) is 62.8 Å². The van der Waals surface area contributed by atoms with Crippen LogP contribution in [0.3, 0.4) is 0 Å². The van der Waals surface area contributed by atoms with Gasteiger partial charge in [-0.25, -0.2) is 0 Å². The predicted molar refractivity (Wildman–Crippen MR) is 71.1 cm³/mol. The molecule has 4 unspecified atom stereocenters. The van der Waals surface area contributed by atoms with Gasteiger partial charge in [0.2, 0.25) is 0 Å². The number of fused-ring (bicyclic) bond motifs is 5. The van der Waals surface area contributed by atoms with Gasteiger partial charge in [0.05, 0.1) is 0 Å². The van der Waals surface area contributed by atoms with Crippen molar-refractivity contribution in [1.29, 1.82) is 0 Å². The smallest absolute Gasteiger partial charge is 0.0265 e. The van der Waals surface area contributed by atoms with E-state index in [1.54, 1.807) is 6.42 Å². The standard InChI is InChI=1S/C14H25N.ClH/c1-3-7-13-8-4-9-14(13,15-2)12-6-5-11(13)10-12;/h11-12,15H,3-10H2,1-2H3;1H. The van der Waals surface area contributed by atoms with Crippen LogP contribution in [0.25, 0.3) is 0 Å². The number of hydrogen-bond donors (Lipinski definition) is 1. The first-order valence-electron chi connectivity index (χ1n) is 6.98. The van der Waals surface area contributed by atoms with Crippen LogP contribution < -0.4 is 5.32 Å². The highest BCUT2D eigenvalue weighted by Crippen LogP contribution is 2.69. The van der Waals surface area contributed by atoms with Crippen molar-refractivity contribution >= 4 is 12.4 Å². The van der Waals surface area contributed by atoms with Crippen LogP contribution in [-0.4, -0.2) is 12.6 Å². The number of rotatable bonds is 3. The fraction of sp³-hybridized carbons (Fsp3) is 1.00. The summed E-state index contributed by atoms with van der Waals surface area (Å²) in [6, 6.07) is 0. The second-order valence-electron chi connectivity index (χ2n) is 6.19. The molecule has 0 spiro atoms. The van der Waals surface area contributed by atoms with Crippen LogP contribution in [0, 0.1) is 17.3 Å². The highest BCUT2D eigenvalue weighted by molar-refractivity contribution is 5.85. The molecule has 0 radical (unpaired) electrons. The van der Waals surface area contributed by atoms with E-state index in [0.717, 1.165) is 11.8 Å². The maximum atomic E-state index is 3.80. The summed E-state index contributed by atoms with van der Waals surface area (Å²) in [4.78, 5) is 0. The van der Waals surface area contributed by atoms with E-state index in [9.17, 15) is 0 Å². The Morgan fingerprint density at radius 2 is 1.94 bits per heavy atom. The van der Waals surface area contributed by atoms with Crippen LogP contribution in [-0.2, 0) is 0 Å². The summed E-state index contributed by atoms with van der Waals surface area (Å²) < 4.78 is 0. The normalized spacial score (nSPS) is 49.1. The Kier molecular flexibility index (Phi) is 3.31. The third-order valence-corrected chi connectivity index (χ3v) is 6.14. The van der Waals surface area contributed by atoms with Gasteiger partial charge in [-0.3, -0.25) is 0 Å². The summed E-state index contributed by atoms with van der Waals surface area (Å²) in [5.74, 6) is 2.08. The minimum atomic E-state index is 0. The maximum absolute atomic E-state index is 3.80. The molecule has 94 valence electrons. The SMILES string of the molecule is CCCC12CCCC1(NC)C1CCC2C1.Cl. The van der Waals surface area contributed by atoms with Crippen LogP contribution in [0.2, 0.25) is 0 Å². The maximum Gasteiger partial charge on any atom is 0.0265 e. The molecule has 3 aliphatic carbocycles. The molecule has 3 aliphatic rings. The van der Waals surface area contributed by atoms with Crippen LogP contribution in [0.5, 0.6) is 0 Å². The van der Waals surface area contributed by atoms with Gasteiger partial charge in [-0.2, -0.15) is 0 Å². The molecule has 3 fully saturated rings. The Labute approximate surface area is 106 Å². The molecule has 0 saturated heterocycles. The lowest BCUT2D eigenvalue weighted by Crippen LogP contribution is -2.57. The second-order valence-corrected chi connectivity index (χ2v) is 6.19. The van der Waals surface area contributed by atoms with E-state index in [0.29, 0.717) is 11.0 Å². The van der Waals surface area contributed by atoms with Crippen molar-refractivity contribution in [3.63, 3.8) is 0 Å². The van der Waals surface area contributed by atoms with E-state index in [2.05, 4.69) is 19.3 Å². The quantitative estimate of drug-likeness (QED) is 0.796. The molecule has 0 heterocycles. The van der Waals surface area contributed by atoms with E-state index in [1.165, 1.54) is 44.9 Å². The van der Waals surface area contributed by atoms with Crippen LogP contribution in [0.1, 0.15) is 58.3 Å². The van der Waals surface area contributed by atoms with Gasteiger partial charge in [-0.15, -0.1) is 12.4 Å². The highest BCUT2D eigenvalue weighted by Gasteiger charge is 2.67. The van der Waals surface area contributed by atoms with Gasteiger partial charge in [0.25, 0.3) is 0 Å². The molecular formula is C14H26ClN. The molecule has 0 amide bonds. The van der Waals surface area contributed by atoms with Crippen molar-refractivity contribution in [2.75, 3.05) is 7.05 Å². The minimum Gasteiger partial charge on any atom is -0.313 e. The Balaban J connectivity index is 0.000000963. The summed E-state index contributed by atoms with van der Waals surface area (Å²) in [7, 11) is 2.23. The fourth-order valence-electron chi connectivity index (χ4n) is 5.84. The van der Waals surface area contributed by atoms with Gasteiger partial charge >= 0.3 is 0 Å². The summed E-state index contributed by atoms with van der Waals surface area (Å²) in [5, 5.41) is 3.80. The molecule has 2 bridgehead atoms. The van der Waals surface area contributed by atoms with Crippen molar-refractivity contribution in [3.05, 3.63) is 0 Å². The van der Waals surface area contributed by atoms with Crippen molar-refractivity contribution in [2.24, 2.45) is 17.3 Å². The van der Waals surface area contributed by atoms with Gasteiger partial charge < -0.3 is 5.32 Å². The minimum absolute atomic E-state index is 0. The largest absolute Gasteiger partial charge is 0.313 e. The second kappa shape index (κ2) is 4.17. The van der Waals surface area contributed by atoms with Gasteiger partial charge in [0.1, 0.15) is 0 Å². The molecule has 0 aliphatic heterocycles. The summed E-state index contributed by atoms with van der Waals surface area (Å²) in [6.45, 7) is 2.37. The number of hydrogen-bond acceptors (Lipinski definition) is 1. The monoisotopic (exact) mass is 243 g/mol. The first kappa shape index (κ1) is 12.7. The summed E-state index contributed by atoms with van der Waals surface area (Å²) in [5.41, 5.74) is 1.27. The topological polar surface area (TPSA) is 12.0 Å². The number of nitrogens with one attached hydrogen (secondary N) is 1. The Morgan fingerprint density at radius 1 is 1.19 bits per heavy atom. The third-order valence-electron chi connectivity index (χ3n) is 6.14. The van der Waals surface area contributed by atoms with Crippen LogP contribution >= 0.6 is 12.4 Å². The van der Waals surface area contributed by atoms with E-state index in [1.807, 2.05) is 0 Å². The van der Waals surface area contributed by atoms with Crippen molar-refractivity contribution in [2.45, 2.75) is 63.8 Å². The lowest BCUT2D eigenvalue weighted by Gasteiger charge is -2.50. The first-order valence-corrected chi connectivity index (χ1v) is 6.98. The zero-order valence-corrected chi connectivity index (χ0v) is 11.5. The van der Waals surface area contributed by atoms with Gasteiger partial charge in [0, 0.05) is 5.54 Å². The molecule has 0 aromatic rings. The van der Waals surface area contributed by atoms with Gasteiger partial charge in [0.15, 0.2) is 0 Å². The molecule has 3 saturated carbocycles. The molecule has 16 heavy (non-hydrogen) atoms. The highest BCUT2D eigenvalue weighted by atomic mass is 35.5. The van der Waals surface area contributed by atoms with Gasteiger partial charge in [-0.1, -0.05) is 19.8 Å². The molecule has 4 atom stereocenters. The first-order chi connectivity index (χ1) is 7.29. The zero-order valence-electron chi connectivity index (χ0n) is 10.7. The molecule has 2 heteroatoms. The van der Waals surface area contributed by atoms with Crippen molar-refractivity contribution in [1.82, 2.24) is 5.32 Å². The van der Waals surface area contributed by atoms with Crippen molar-refractivity contribution < 1.29 is 0 Å². The Hall–Kier alpha value is 0.250. The fourth-order valence-corrected chi connectivity index (χ4v) is 5.84. The van der Waals surface area contributed by atoms with Crippen LogP contribution in [0.4, 0.5) is 0 Å². The van der Waals surface area contributed by atoms with Crippen LogP contribution in [0.15, 0.2) is 0 Å².